The van der Waals surface area contributed by atoms with E-state index in [-0.39, 0.29) is 14.8 Å². The van der Waals surface area contributed by atoms with E-state index >= 15 is 0 Å². The van der Waals surface area contributed by atoms with Crippen molar-refractivity contribution in [2.45, 2.75) is 11.3 Å². The highest BCUT2D eigenvalue weighted by atomic mass is 35.5. The first-order valence-corrected chi connectivity index (χ1v) is 12.3. The topological polar surface area (TPSA) is 93.2 Å². The Morgan fingerprint density at radius 3 is 2.48 bits per heavy atom. The van der Waals surface area contributed by atoms with Crippen LogP contribution in [0.1, 0.15) is 21.7 Å². The van der Waals surface area contributed by atoms with Gasteiger partial charge in [0.2, 0.25) is 0 Å². The normalized spacial score (nSPS) is 14.3. The molecule has 1 saturated heterocycles. The molecule has 166 valence electrons. The molecule has 31 heavy (non-hydrogen) atoms. The molecule has 1 fully saturated rings. The van der Waals surface area contributed by atoms with Crippen LogP contribution >= 0.6 is 22.9 Å². The van der Waals surface area contributed by atoms with E-state index in [1.54, 1.807) is 31.4 Å². The Kier molecular flexibility index (Phi) is 6.93. The number of carbonyl (C=O) groups excluding carboxylic acids is 2. The van der Waals surface area contributed by atoms with E-state index in [1.165, 1.54) is 28.6 Å². The molecule has 8 nitrogen and oxygen atoms in total. The number of amides is 2. The van der Waals surface area contributed by atoms with Crippen molar-refractivity contribution in [1.82, 2.24) is 10.0 Å². The van der Waals surface area contributed by atoms with Gasteiger partial charge in [-0.05, 0) is 30.7 Å². The first-order valence-electron chi connectivity index (χ1n) is 9.17. The highest BCUT2D eigenvalue weighted by Crippen LogP contribution is 2.33. The van der Waals surface area contributed by atoms with Gasteiger partial charge in [-0.1, -0.05) is 11.6 Å². The van der Waals surface area contributed by atoms with Gasteiger partial charge >= 0.3 is 0 Å². The van der Waals surface area contributed by atoms with Crippen molar-refractivity contribution in [3.63, 3.8) is 0 Å². The van der Waals surface area contributed by atoms with Crippen molar-refractivity contribution >= 4 is 50.7 Å². The van der Waals surface area contributed by atoms with Crippen LogP contribution in [0, 0.1) is 0 Å². The summed E-state index contributed by atoms with van der Waals surface area (Å²) < 4.78 is 34.1. The number of carbonyl (C=O) groups is 2. The number of ether oxygens (including phenoxy) is 2. The molecule has 1 aliphatic rings. The fourth-order valence-electron chi connectivity index (χ4n) is 3.11. The van der Waals surface area contributed by atoms with Gasteiger partial charge in [-0.25, -0.2) is 18.4 Å². The Hall–Kier alpha value is -2.56. The lowest BCUT2D eigenvalue weighted by Crippen LogP contribution is -2.44. The maximum Gasteiger partial charge on any atom is 0.284 e. The van der Waals surface area contributed by atoms with E-state index in [4.69, 9.17) is 21.1 Å². The molecule has 11 heteroatoms. The van der Waals surface area contributed by atoms with Crippen molar-refractivity contribution in [3.05, 3.63) is 45.1 Å². The lowest BCUT2D eigenvalue weighted by molar-refractivity contribution is -0.134. The van der Waals surface area contributed by atoms with Crippen LogP contribution < -0.4 is 9.47 Å². The number of hydrogen-bond acceptors (Lipinski definition) is 7. The minimum absolute atomic E-state index is 0.0836. The zero-order valence-corrected chi connectivity index (χ0v) is 19.5. The Balaban J connectivity index is 1.82. The zero-order valence-electron chi connectivity index (χ0n) is 17.1. The minimum atomic E-state index is -3.56. The Morgan fingerprint density at radius 1 is 1.16 bits per heavy atom. The van der Waals surface area contributed by atoms with E-state index < -0.39 is 21.7 Å². The lowest BCUT2D eigenvalue weighted by atomic mass is 10.1. The van der Waals surface area contributed by atoms with Gasteiger partial charge < -0.3 is 9.47 Å². The molecule has 2 heterocycles. The summed E-state index contributed by atoms with van der Waals surface area (Å²) in [5.41, 5.74) is 0.645. The number of hydrazine groups is 1. The molecule has 0 unspecified atom stereocenters. The van der Waals surface area contributed by atoms with E-state index in [9.17, 15) is 18.0 Å². The number of hydrogen-bond donors (Lipinski definition) is 0. The van der Waals surface area contributed by atoms with Crippen LogP contribution in [0.25, 0.3) is 6.08 Å². The molecule has 0 atom stereocenters. The summed E-state index contributed by atoms with van der Waals surface area (Å²) >= 11 is 7.10. The van der Waals surface area contributed by atoms with Gasteiger partial charge in [0.15, 0.2) is 9.84 Å². The molecule has 0 spiro atoms. The standard InChI is InChI=1S/C20H21ClN2O6S2/c1-28-14-6-7-15(29-2)13(11-14)5-8-17(24)22-9-4-10-23(22)20(25)19-18(21)16(12-30-19)31(3,26)27/h5-8,11-12H,4,9-10H2,1-3H3/b8-5+. The third-order valence-electron chi connectivity index (χ3n) is 4.66. The smallest absolute Gasteiger partial charge is 0.284 e. The Bertz CT molecular complexity index is 1140. The van der Waals surface area contributed by atoms with Gasteiger partial charge in [0.05, 0.1) is 24.1 Å². The summed E-state index contributed by atoms with van der Waals surface area (Å²) in [6, 6.07) is 5.20. The van der Waals surface area contributed by atoms with Gasteiger partial charge in [0, 0.05) is 36.4 Å². The second-order valence-electron chi connectivity index (χ2n) is 6.70. The molecule has 0 aliphatic carbocycles. The molecule has 2 amide bonds. The quantitative estimate of drug-likeness (QED) is 0.585. The number of methoxy groups -OCH3 is 2. The molecule has 2 aromatic rings. The van der Waals surface area contributed by atoms with Gasteiger partial charge in [-0.15, -0.1) is 11.3 Å². The molecule has 0 bridgehead atoms. The number of sulfone groups is 1. The molecule has 0 radical (unpaired) electrons. The van der Waals surface area contributed by atoms with E-state index in [1.807, 2.05) is 0 Å². The maximum atomic E-state index is 13.0. The maximum absolute atomic E-state index is 13.0. The molecule has 1 aliphatic heterocycles. The molecule has 1 aromatic carbocycles. The van der Waals surface area contributed by atoms with Crippen LogP contribution in [0.5, 0.6) is 11.5 Å². The number of halogens is 1. The third-order valence-corrected chi connectivity index (χ3v) is 7.51. The monoisotopic (exact) mass is 484 g/mol. The predicted molar refractivity (Wildman–Crippen MR) is 118 cm³/mol. The zero-order chi connectivity index (χ0) is 22.8. The van der Waals surface area contributed by atoms with Gasteiger partial charge in [-0.3, -0.25) is 9.59 Å². The SMILES string of the molecule is COc1ccc(OC)c(/C=C/C(=O)N2CCCN2C(=O)c2scc(S(C)(=O)=O)c2Cl)c1. The minimum Gasteiger partial charge on any atom is -0.497 e. The summed E-state index contributed by atoms with van der Waals surface area (Å²) in [4.78, 5) is 25.8. The van der Waals surface area contributed by atoms with Crippen LogP contribution in [0.4, 0.5) is 0 Å². The average Bonchev–Trinajstić information content (AvgIpc) is 3.38. The van der Waals surface area contributed by atoms with Crippen molar-refractivity contribution in [2.24, 2.45) is 0 Å². The van der Waals surface area contributed by atoms with Crippen molar-refractivity contribution in [2.75, 3.05) is 33.6 Å². The predicted octanol–water partition coefficient (Wildman–Crippen LogP) is 3.13. The summed E-state index contributed by atoms with van der Waals surface area (Å²) in [6.07, 6.45) is 4.56. The molecule has 0 N–H and O–H groups in total. The van der Waals surface area contributed by atoms with Crippen LogP contribution in [-0.4, -0.2) is 63.8 Å². The first kappa shape index (κ1) is 23.1. The molecule has 1 aromatic heterocycles. The van der Waals surface area contributed by atoms with Crippen LogP contribution in [0.3, 0.4) is 0 Å². The largest absolute Gasteiger partial charge is 0.497 e. The third kappa shape index (κ3) is 4.86. The van der Waals surface area contributed by atoms with Crippen LogP contribution in [0.2, 0.25) is 5.02 Å². The van der Waals surface area contributed by atoms with Gasteiger partial charge in [0.1, 0.15) is 16.4 Å². The van der Waals surface area contributed by atoms with E-state index in [0.717, 1.165) is 17.6 Å². The average molecular weight is 485 g/mol. The van der Waals surface area contributed by atoms with Gasteiger partial charge in [-0.2, -0.15) is 0 Å². The summed E-state index contributed by atoms with van der Waals surface area (Å²) in [5, 5.41) is 3.83. The lowest BCUT2D eigenvalue weighted by Gasteiger charge is -2.26. The summed E-state index contributed by atoms with van der Waals surface area (Å²) in [6.45, 7) is 0.676. The Labute approximate surface area is 189 Å². The van der Waals surface area contributed by atoms with Crippen LogP contribution in [0.15, 0.2) is 34.6 Å². The van der Waals surface area contributed by atoms with Crippen LogP contribution in [-0.2, 0) is 14.6 Å². The second kappa shape index (κ2) is 9.29. The molecular weight excluding hydrogens is 464 g/mol. The van der Waals surface area contributed by atoms with Crippen molar-refractivity contribution in [1.29, 1.82) is 0 Å². The number of nitrogens with zero attached hydrogens (tertiary/aromatic N) is 2. The summed E-state index contributed by atoms with van der Waals surface area (Å²) in [5.74, 6) is 0.271. The Morgan fingerprint density at radius 2 is 1.87 bits per heavy atom. The van der Waals surface area contributed by atoms with Crippen molar-refractivity contribution < 1.29 is 27.5 Å². The molecule has 3 rings (SSSR count). The fourth-order valence-corrected chi connectivity index (χ4v) is 5.96. The second-order valence-corrected chi connectivity index (χ2v) is 9.94. The highest BCUT2D eigenvalue weighted by Gasteiger charge is 2.33. The number of thiophene rings is 1. The fraction of sp³-hybridized carbons (Fsp3) is 0.300. The van der Waals surface area contributed by atoms with Crippen molar-refractivity contribution in [3.8, 4) is 11.5 Å². The highest BCUT2D eigenvalue weighted by molar-refractivity contribution is 7.91. The number of benzene rings is 1. The molecule has 0 saturated carbocycles. The van der Waals surface area contributed by atoms with E-state index in [2.05, 4.69) is 0 Å². The molecular formula is C20H21ClN2O6S2. The first-order chi connectivity index (χ1) is 14.7. The summed E-state index contributed by atoms with van der Waals surface area (Å²) in [7, 11) is -0.491. The van der Waals surface area contributed by atoms with E-state index in [0.29, 0.717) is 36.6 Å². The number of rotatable bonds is 6. The van der Waals surface area contributed by atoms with Gasteiger partial charge in [0.25, 0.3) is 11.8 Å².